The molecule has 0 radical (unpaired) electrons. The third-order valence-electron chi connectivity index (χ3n) is 4.22. The number of amides is 1. The Morgan fingerprint density at radius 2 is 1.79 bits per heavy atom. The molecular weight excluding hydrogens is 326 g/mol. The second kappa shape index (κ2) is 7.79. The van der Waals surface area contributed by atoms with Crippen LogP contribution in [0.25, 0.3) is 0 Å². The topological polar surface area (TPSA) is 49.8 Å². The maximum absolute atomic E-state index is 12.6. The first-order valence-electron chi connectivity index (χ1n) is 7.99. The largest absolute Gasteiger partial charge is 0.392 e. The van der Waals surface area contributed by atoms with E-state index in [2.05, 4.69) is 0 Å². The third kappa shape index (κ3) is 4.15. The van der Waals surface area contributed by atoms with E-state index in [1.165, 1.54) is 0 Å². The third-order valence-corrected chi connectivity index (χ3v) is 4.47. The van der Waals surface area contributed by atoms with Crippen LogP contribution in [0.4, 0.5) is 0 Å². The van der Waals surface area contributed by atoms with E-state index < -0.39 is 0 Å². The number of carbonyl (C=O) groups excluding carboxylic acids is 1. The molecule has 0 bridgehead atoms. The monoisotopic (exact) mass is 345 g/mol. The molecule has 4 nitrogen and oxygen atoms in total. The summed E-state index contributed by atoms with van der Waals surface area (Å²) in [5.41, 5.74) is 2.83. The van der Waals surface area contributed by atoms with E-state index in [0.29, 0.717) is 31.1 Å². The van der Waals surface area contributed by atoms with Crippen LogP contribution in [-0.4, -0.2) is 35.6 Å². The van der Waals surface area contributed by atoms with Gasteiger partial charge in [0.2, 0.25) is 5.91 Å². The average Bonchev–Trinajstić information content (AvgIpc) is 2.63. The Labute approximate surface area is 146 Å². The molecule has 0 aliphatic carbocycles. The van der Waals surface area contributed by atoms with Gasteiger partial charge in [-0.1, -0.05) is 48.0 Å². The molecule has 1 fully saturated rings. The van der Waals surface area contributed by atoms with Crippen LogP contribution in [0, 0.1) is 0 Å². The SMILES string of the molecule is O=C(Cc1ccc(CO)cc1)N1CCO[C@H](c2ccc(Cl)cc2)C1. The van der Waals surface area contributed by atoms with Gasteiger partial charge in [-0.3, -0.25) is 4.79 Å². The molecule has 0 saturated carbocycles. The first kappa shape index (κ1) is 17.0. The number of nitrogens with zero attached hydrogens (tertiary/aromatic N) is 1. The first-order chi connectivity index (χ1) is 11.7. The lowest BCUT2D eigenvalue weighted by atomic mass is 10.1. The van der Waals surface area contributed by atoms with Gasteiger partial charge in [-0.2, -0.15) is 0 Å². The lowest BCUT2D eigenvalue weighted by Crippen LogP contribution is -2.42. The summed E-state index contributed by atoms with van der Waals surface area (Å²) in [6, 6.07) is 15.0. The van der Waals surface area contributed by atoms with E-state index >= 15 is 0 Å². The van der Waals surface area contributed by atoms with E-state index in [0.717, 1.165) is 16.7 Å². The number of hydrogen-bond donors (Lipinski definition) is 1. The number of benzene rings is 2. The highest BCUT2D eigenvalue weighted by atomic mass is 35.5. The molecule has 24 heavy (non-hydrogen) atoms. The molecule has 3 rings (SSSR count). The highest BCUT2D eigenvalue weighted by Crippen LogP contribution is 2.24. The molecule has 1 aliphatic heterocycles. The zero-order chi connectivity index (χ0) is 16.9. The zero-order valence-electron chi connectivity index (χ0n) is 13.3. The predicted octanol–water partition coefficient (Wildman–Crippen LogP) is 2.97. The summed E-state index contributed by atoms with van der Waals surface area (Å²) in [5.74, 6) is 0.0917. The van der Waals surface area contributed by atoms with Crippen molar-refractivity contribution >= 4 is 17.5 Å². The van der Waals surface area contributed by atoms with Crippen molar-refractivity contribution in [2.45, 2.75) is 19.1 Å². The Hall–Kier alpha value is -1.88. The van der Waals surface area contributed by atoms with Gasteiger partial charge in [0.15, 0.2) is 0 Å². The minimum Gasteiger partial charge on any atom is -0.392 e. The summed E-state index contributed by atoms with van der Waals surface area (Å²) in [7, 11) is 0. The fraction of sp³-hybridized carbons (Fsp3) is 0.316. The molecule has 1 amide bonds. The van der Waals surface area contributed by atoms with Crippen molar-refractivity contribution in [1.82, 2.24) is 4.90 Å². The Morgan fingerprint density at radius 1 is 1.12 bits per heavy atom. The molecular formula is C19H20ClNO3. The second-order valence-electron chi connectivity index (χ2n) is 5.90. The molecule has 0 unspecified atom stereocenters. The number of morpholine rings is 1. The standard InChI is InChI=1S/C19H20ClNO3/c20-17-7-5-16(6-8-17)18-12-21(9-10-24-18)19(23)11-14-1-3-15(13-22)4-2-14/h1-8,18,22H,9-13H2/t18-/m0/s1. The molecule has 1 N–H and O–H groups in total. The van der Waals surface area contributed by atoms with Gasteiger partial charge in [0.1, 0.15) is 6.10 Å². The van der Waals surface area contributed by atoms with Gasteiger partial charge in [0.05, 0.1) is 26.2 Å². The van der Waals surface area contributed by atoms with Gasteiger partial charge in [-0.15, -0.1) is 0 Å². The number of aliphatic hydroxyl groups is 1. The lowest BCUT2D eigenvalue weighted by Gasteiger charge is -2.33. The van der Waals surface area contributed by atoms with Crippen molar-refractivity contribution in [1.29, 1.82) is 0 Å². The summed E-state index contributed by atoms with van der Waals surface area (Å²) < 4.78 is 5.80. The van der Waals surface area contributed by atoms with Crippen LogP contribution in [0.5, 0.6) is 0 Å². The molecule has 1 aliphatic rings. The van der Waals surface area contributed by atoms with E-state index in [1.807, 2.05) is 53.4 Å². The molecule has 2 aromatic carbocycles. The molecule has 1 saturated heterocycles. The Morgan fingerprint density at radius 3 is 2.46 bits per heavy atom. The molecule has 5 heteroatoms. The van der Waals surface area contributed by atoms with Crippen molar-refractivity contribution in [2.24, 2.45) is 0 Å². The average molecular weight is 346 g/mol. The Kier molecular flexibility index (Phi) is 5.51. The minimum atomic E-state index is -0.114. The summed E-state index contributed by atoms with van der Waals surface area (Å²) >= 11 is 5.92. The fourth-order valence-electron chi connectivity index (χ4n) is 2.80. The van der Waals surface area contributed by atoms with Crippen molar-refractivity contribution in [2.75, 3.05) is 19.7 Å². The van der Waals surface area contributed by atoms with Crippen LogP contribution in [0.1, 0.15) is 22.8 Å². The number of hydrogen-bond acceptors (Lipinski definition) is 3. The maximum Gasteiger partial charge on any atom is 0.227 e. The minimum absolute atomic E-state index is 0.0143. The molecule has 2 aromatic rings. The number of ether oxygens (including phenoxy) is 1. The highest BCUT2D eigenvalue weighted by molar-refractivity contribution is 6.30. The van der Waals surface area contributed by atoms with Crippen LogP contribution in [0.15, 0.2) is 48.5 Å². The van der Waals surface area contributed by atoms with Crippen LogP contribution in [0.3, 0.4) is 0 Å². The number of aliphatic hydroxyl groups excluding tert-OH is 1. The number of halogens is 1. The smallest absolute Gasteiger partial charge is 0.227 e. The van der Waals surface area contributed by atoms with Crippen molar-refractivity contribution in [3.63, 3.8) is 0 Å². The molecule has 126 valence electrons. The molecule has 0 aromatic heterocycles. The van der Waals surface area contributed by atoms with Crippen LogP contribution in [-0.2, 0) is 22.6 Å². The van der Waals surface area contributed by atoms with Crippen molar-refractivity contribution in [3.05, 3.63) is 70.2 Å². The summed E-state index contributed by atoms with van der Waals surface area (Å²) in [6.45, 7) is 1.70. The van der Waals surface area contributed by atoms with E-state index in [9.17, 15) is 4.79 Å². The van der Waals surface area contributed by atoms with Gasteiger partial charge in [-0.25, -0.2) is 0 Å². The zero-order valence-corrected chi connectivity index (χ0v) is 14.1. The van der Waals surface area contributed by atoms with Gasteiger partial charge >= 0.3 is 0 Å². The van der Waals surface area contributed by atoms with E-state index in [1.54, 1.807) is 0 Å². The fourth-order valence-corrected chi connectivity index (χ4v) is 2.93. The number of rotatable bonds is 4. The van der Waals surface area contributed by atoms with Gasteiger partial charge in [0.25, 0.3) is 0 Å². The Balaban J connectivity index is 1.63. The van der Waals surface area contributed by atoms with Gasteiger partial charge in [-0.05, 0) is 28.8 Å². The van der Waals surface area contributed by atoms with E-state index in [-0.39, 0.29) is 18.6 Å². The van der Waals surface area contributed by atoms with Crippen molar-refractivity contribution in [3.8, 4) is 0 Å². The highest BCUT2D eigenvalue weighted by Gasteiger charge is 2.25. The Bertz CT molecular complexity index is 685. The lowest BCUT2D eigenvalue weighted by molar-refractivity contribution is -0.138. The summed E-state index contributed by atoms with van der Waals surface area (Å²) in [4.78, 5) is 14.4. The van der Waals surface area contributed by atoms with Crippen LogP contribution < -0.4 is 0 Å². The predicted molar refractivity (Wildman–Crippen MR) is 92.8 cm³/mol. The van der Waals surface area contributed by atoms with Crippen LogP contribution >= 0.6 is 11.6 Å². The number of carbonyl (C=O) groups is 1. The van der Waals surface area contributed by atoms with Crippen molar-refractivity contribution < 1.29 is 14.6 Å². The molecule has 0 spiro atoms. The second-order valence-corrected chi connectivity index (χ2v) is 6.34. The van der Waals surface area contributed by atoms with Gasteiger partial charge < -0.3 is 14.7 Å². The maximum atomic E-state index is 12.6. The normalized spacial score (nSPS) is 17.8. The quantitative estimate of drug-likeness (QED) is 0.926. The first-order valence-corrected chi connectivity index (χ1v) is 8.37. The van der Waals surface area contributed by atoms with E-state index in [4.69, 9.17) is 21.4 Å². The van der Waals surface area contributed by atoms with Gasteiger partial charge in [0, 0.05) is 11.6 Å². The summed E-state index contributed by atoms with van der Waals surface area (Å²) in [5, 5.41) is 9.76. The molecule has 1 atom stereocenters. The van der Waals surface area contributed by atoms with Crippen LogP contribution in [0.2, 0.25) is 5.02 Å². The summed E-state index contributed by atoms with van der Waals surface area (Å²) in [6.07, 6.45) is 0.246. The molecule has 1 heterocycles.